The Kier molecular flexibility index (Phi) is 2.24. The molecule has 0 unspecified atom stereocenters. The number of fused-ring (bicyclic) bond motifs is 1. The van der Waals surface area contributed by atoms with E-state index in [2.05, 4.69) is 0 Å². The summed E-state index contributed by atoms with van der Waals surface area (Å²) in [5.41, 5.74) is 0. The number of alkyl halides is 1. The second-order valence-corrected chi connectivity index (χ2v) is 3.72. The molecular formula is C9H13FO3. The summed E-state index contributed by atoms with van der Waals surface area (Å²) in [7, 11) is 1.58. The lowest BCUT2D eigenvalue weighted by Crippen LogP contribution is -2.23. The topological polar surface area (TPSA) is 35.5 Å². The first-order chi connectivity index (χ1) is 6.26. The maximum atomic E-state index is 12.7. The second-order valence-electron chi connectivity index (χ2n) is 3.72. The van der Waals surface area contributed by atoms with Gasteiger partial charge >= 0.3 is 5.97 Å². The first kappa shape index (κ1) is 8.94. The third kappa shape index (κ3) is 1.33. The van der Waals surface area contributed by atoms with Crippen LogP contribution in [-0.2, 0) is 14.3 Å². The summed E-state index contributed by atoms with van der Waals surface area (Å²) in [5.74, 6) is -0.299. The molecule has 3 nitrogen and oxygen atoms in total. The lowest BCUT2D eigenvalue weighted by Gasteiger charge is -2.17. The maximum absolute atomic E-state index is 12.7. The monoisotopic (exact) mass is 188 g/mol. The van der Waals surface area contributed by atoms with Crippen molar-refractivity contribution in [1.82, 2.24) is 0 Å². The number of carbonyl (C=O) groups excluding carboxylic acids is 1. The average molecular weight is 188 g/mol. The minimum Gasteiger partial charge on any atom is -0.462 e. The maximum Gasteiger partial charge on any atom is 0.306 e. The van der Waals surface area contributed by atoms with Gasteiger partial charge in [0.25, 0.3) is 0 Å². The summed E-state index contributed by atoms with van der Waals surface area (Å²) < 4.78 is 22.9. The summed E-state index contributed by atoms with van der Waals surface area (Å²) >= 11 is 0. The van der Waals surface area contributed by atoms with Crippen molar-refractivity contribution in [2.75, 3.05) is 13.8 Å². The van der Waals surface area contributed by atoms with E-state index in [1.807, 2.05) is 0 Å². The van der Waals surface area contributed by atoms with Gasteiger partial charge in [-0.2, -0.15) is 0 Å². The van der Waals surface area contributed by atoms with E-state index in [0.29, 0.717) is 12.8 Å². The molecule has 1 saturated heterocycles. The fourth-order valence-corrected chi connectivity index (χ4v) is 2.44. The molecule has 1 aliphatic carbocycles. The van der Waals surface area contributed by atoms with Gasteiger partial charge in [0, 0.05) is 25.4 Å². The largest absolute Gasteiger partial charge is 0.462 e. The Labute approximate surface area is 76.2 Å². The Morgan fingerprint density at radius 3 is 3.08 bits per heavy atom. The van der Waals surface area contributed by atoms with Crippen LogP contribution in [0.2, 0.25) is 0 Å². The van der Waals surface area contributed by atoms with Gasteiger partial charge in [-0.3, -0.25) is 9.18 Å². The van der Waals surface area contributed by atoms with E-state index < -0.39 is 6.67 Å². The van der Waals surface area contributed by atoms with Crippen LogP contribution in [-0.4, -0.2) is 32.0 Å². The van der Waals surface area contributed by atoms with Gasteiger partial charge in [0.15, 0.2) is 0 Å². The smallest absolute Gasteiger partial charge is 0.306 e. The number of esters is 1. The zero-order chi connectivity index (χ0) is 9.42. The molecule has 2 rings (SSSR count). The lowest BCUT2D eigenvalue weighted by atomic mass is 9.93. The molecule has 0 aromatic heterocycles. The molecule has 0 aromatic rings. The van der Waals surface area contributed by atoms with Gasteiger partial charge in [-0.05, 0) is 0 Å². The average Bonchev–Trinajstić information content (AvgIpc) is 2.59. The van der Waals surface area contributed by atoms with Crippen LogP contribution in [0.15, 0.2) is 0 Å². The molecule has 0 radical (unpaired) electrons. The van der Waals surface area contributed by atoms with E-state index in [0.717, 1.165) is 0 Å². The highest BCUT2D eigenvalue weighted by atomic mass is 19.1. The van der Waals surface area contributed by atoms with E-state index in [1.165, 1.54) is 0 Å². The number of methoxy groups -OCH3 is 1. The minimum atomic E-state index is -0.420. The fraction of sp³-hybridized carbons (Fsp3) is 0.889. The predicted molar refractivity (Wildman–Crippen MR) is 42.9 cm³/mol. The molecule has 0 amide bonds. The van der Waals surface area contributed by atoms with Gasteiger partial charge in [-0.1, -0.05) is 0 Å². The highest BCUT2D eigenvalue weighted by molar-refractivity contribution is 5.72. The standard InChI is InChI=1S/C9H13FO3/c1-12-7-3-8-5(6(7)4-10)2-9(11)13-8/h5-8H,2-4H2,1H3/t5-,6-,7-,8+/m1/s1. The first-order valence-corrected chi connectivity index (χ1v) is 4.54. The summed E-state index contributed by atoms with van der Waals surface area (Å²) in [6, 6.07) is 0. The molecule has 13 heavy (non-hydrogen) atoms. The Balaban J connectivity index is 2.09. The Bertz CT molecular complexity index is 219. The lowest BCUT2D eigenvalue weighted by molar-refractivity contribution is -0.142. The molecule has 1 aliphatic heterocycles. The van der Waals surface area contributed by atoms with Crippen molar-refractivity contribution in [1.29, 1.82) is 0 Å². The normalized spacial score (nSPS) is 43.4. The van der Waals surface area contributed by atoms with E-state index in [9.17, 15) is 9.18 Å². The third-order valence-electron chi connectivity index (χ3n) is 3.14. The SMILES string of the molecule is CO[C@@H]1C[C@@H]2OC(=O)C[C@@H]2[C@H]1CF. The van der Waals surface area contributed by atoms with Crippen LogP contribution in [0, 0.1) is 11.8 Å². The van der Waals surface area contributed by atoms with Gasteiger partial charge in [-0.25, -0.2) is 0 Å². The molecule has 0 spiro atoms. The molecule has 2 aliphatic rings. The zero-order valence-corrected chi connectivity index (χ0v) is 7.53. The molecule has 2 fully saturated rings. The quantitative estimate of drug-likeness (QED) is 0.604. The molecular weight excluding hydrogens is 175 g/mol. The first-order valence-electron chi connectivity index (χ1n) is 4.54. The van der Waals surface area contributed by atoms with Crippen LogP contribution in [0.25, 0.3) is 0 Å². The summed E-state index contributed by atoms with van der Waals surface area (Å²) in [4.78, 5) is 10.9. The van der Waals surface area contributed by atoms with Crippen molar-refractivity contribution in [3.63, 3.8) is 0 Å². The van der Waals surface area contributed by atoms with Crippen LogP contribution in [0.3, 0.4) is 0 Å². The highest BCUT2D eigenvalue weighted by Gasteiger charge is 2.50. The van der Waals surface area contributed by atoms with Crippen LogP contribution in [0.5, 0.6) is 0 Å². The van der Waals surface area contributed by atoms with Crippen LogP contribution in [0.1, 0.15) is 12.8 Å². The molecule has 4 heteroatoms. The van der Waals surface area contributed by atoms with Crippen molar-refractivity contribution in [3.8, 4) is 0 Å². The van der Waals surface area contributed by atoms with Gasteiger partial charge in [0.1, 0.15) is 6.10 Å². The number of halogens is 1. The molecule has 1 saturated carbocycles. The summed E-state index contributed by atoms with van der Waals surface area (Å²) in [6.45, 7) is -0.420. The van der Waals surface area contributed by atoms with Crippen molar-refractivity contribution in [3.05, 3.63) is 0 Å². The van der Waals surface area contributed by atoms with E-state index in [1.54, 1.807) is 7.11 Å². The molecule has 0 N–H and O–H groups in total. The molecule has 0 bridgehead atoms. The molecule has 4 atom stereocenters. The van der Waals surface area contributed by atoms with Crippen LogP contribution >= 0.6 is 0 Å². The number of rotatable bonds is 2. The Morgan fingerprint density at radius 1 is 1.69 bits per heavy atom. The highest BCUT2D eigenvalue weighted by Crippen LogP contribution is 2.42. The Hall–Kier alpha value is -0.640. The second kappa shape index (κ2) is 3.25. The van der Waals surface area contributed by atoms with Gasteiger partial charge in [0.2, 0.25) is 0 Å². The van der Waals surface area contributed by atoms with E-state index >= 15 is 0 Å². The summed E-state index contributed by atoms with van der Waals surface area (Å²) in [5, 5.41) is 0. The van der Waals surface area contributed by atoms with Crippen molar-refractivity contribution < 1.29 is 18.7 Å². The van der Waals surface area contributed by atoms with Gasteiger partial charge in [-0.15, -0.1) is 0 Å². The third-order valence-corrected chi connectivity index (χ3v) is 3.14. The molecule has 1 heterocycles. The van der Waals surface area contributed by atoms with Crippen LogP contribution in [0.4, 0.5) is 4.39 Å². The molecule has 74 valence electrons. The summed E-state index contributed by atoms with van der Waals surface area (Å²) in [6.07, 6.45) is 0.840. The fourth-order valence-electron chi connectivity index (χ4n) is 2.44. The Morgan fingerprint density at radius 2 is 2.46 bits per heavy atom. The number of carbonyl (C=O) groups is 1. The van der Waals surface area contributed by atoms with Crippen molar-refractivity contribution >= 4 is 5.97 Å². The van der Waals surface area contributed by atoms with Crippen LogP contribution < -0.4 is 0 Å². The minimum absolute atomic E-state index is 0.0439. The van der Waals surface area contributed by atoms with Crippen molar-refractivity contribution in [2.24, 2.45) is 11.8 Å². The predicted octanol–water partition coefficient (Wildman–Crippen LogP) is 0.922. The zero-order valence-electron chi connectivity index (χ0n) is 7.53. The number of ether oxygens (including phenoxy) is 2. The number of hydrogen-bond acceptors (Lipinski definition) is 3. The van der Waals surface area contributed by atoms with E-state index in [-0.39, 0.29) is 30.0 Å². The number of hydrogen-bond donors (Lipinski definition) is 0. The van der Waals surface area contributed by atoms with E-state index in [4.69, 9.17) is 9.47 Å². The van der Waals surface area contributed by atoms with Crippen molar-refractivity contribution in [2.45, 2.75) is 25.0 Å². The molecule has 0 aromatic carbocycles. The van der Waals surface area contributed by atoms with Gasteiger partial charge in [0.05, 0.1) is 19.2 Å². The van der Waals surface area contributed by atoms with Gasteiger partial charge < -0.3 is 9.47 Å².